The highest BCUT2D eigenvalue weighted by Crippen LogP contribution is 2.30. The Morgan fingerprint density at radius 3 is 2.90 bits per heavy atom. The number of guanidine groups is 1. The molecule has 0 aromatic carbocycles. The van der Waals surface area contributed by atoms with Gasteiger partial charge in [-0.05, 0) is 25.5 Å². The number of hydrogen-bond donors (Lipinski definition) is 2. The third-order valence-corrected chi connectivity index (χ3v) is 5.55. The fourth-order valence-corrected chi connectivity index (χ4v) is 4.05. The Balaban J connectivity index is 0.00000320. The van der Waals surface area contributed by atoms with Gasteiger partial charge in [0.25, 0.3) is 0 Å². The van der Waals surface area contributed by atoms with Crippen LogP contribution in [0.25, 0.3) is 0 Å². The first-order valence-electron chi connectivity index (χ1n) is 9.28. The number of anilines is 1. The van der Waals surface area contributed by atoms with Crippen LogP contribution in [0.1, 0.15) is 24.0 Å². The molecule has 0 spiro atoms. The summed E-state index contributed by atoms with van der Waals surface area (Å²) in [6.45, 7) is 4.56. The van der Waals surface area contributed by atoms with E-state index in [1.54, 1.807) is 12.3 Å². The van der Waals surface area contributed by atoms with E-state index in [9.17, 15) is 13.2 Å². The minimum Gasteiger partial charge on any atom is -0.357 e. The van der Waals surface area contributed by atoms with Gasteiger partial charge in [-0.15, -0.1) is 35.3 Å². The molecule has 30 heavy (non-hydrogen) atoms. The second-order valence-electron chi connectivity index (χ2n) is 6.52. The Labute approximate surface area is 199 Å². The molecule has 0 amide bonds. The summed E-state index contributed by atoms with van der Waals surface area (Å²) in [5.74, 6) is 1.41. The normalized spacial score (nSPS) is 17.0. The van der Waals surface area contributed by atoms with E-state index in [0.717, 1.165) is 42.0 Å². The Morgan fingerprint density at radius 1 is 1.43 bits per heavy atom. The molecule has 1 atom stereocenters. The molecule has 0 bridgehead atoms. The topological polar surface area (TPSA) is 65.4 Å². The van der Waals surface area contributed by atoms with E-state index in [-0.39, 0.29) is 30.0 Å². The van der Waals surface area contributed by atoms with E-state index in [1.807, 2.05) is 13.0 Å². The summed E-state index contributed by atoms with van der Waals surface area (Å²) in [6.07, 6.45) is -1.42. The summed E-state index contributed by atoms with van der Waals surface area (Å²) in [6, 6.07) is 3.79. The SMILES string of the molecule is CCNC(=NCCc1nc(C(F)(F)F)cs1)NC1CCN(c2ncccc2Cl)C1.I. The van der Waals surface area contributed by atoms with Crippen molar-refractivity contribution in [2.24, 2.45) is 4.99 Å². The molecular formula is C18H23ClF3IN6S. The van der Waals surface area contributed by atoms with Crippen LogP contribution >= 0.6 is 46.9 Å². The van der Waals surface area contributed by atoms with E-state index >= 15 is 0 Å². The fourth-order valence-electron chi connectivity index (χ4n) is 3.01. The minimum absolute atomic E-state index is 0. The predicted molar refractivity (Wildman–Crippen MR) is 125 cm³/mol. The molecule has 2 N–H and O–H groups in total. The molecule has 1 unspecified atom stereocenters. The number of nitrogens with zero attached hydrogens (tertiary/aromatic N) is 4. The van der Waals surface area contributed by atoms with Gasteiger partial charge in [0, 0.05) is 50.2 Å². The van der Waals surface area contributed by atoms with Crippen LogP contribution < -0.4 is 15.5 Å². The lowest BCUT2D eigenvalue weighted by atomic mass is 10.3. The number of alkyl halides is 3. The molecule has 1 aliphatic heterocycles. The standard InChI is InChI=1S/C18H22ClF3N6S.HI/c1-2-23-17(25-8-5-15-27-14(11-29-15)18(20,21)22)26-12-6-9-28(10-12)16-13(19)4-3-7-24-16;/h3-4,7,11-12H,2,5-6,8-10H2,1H3,(H2,23,25,26);1H. The Morgan fingerprint density at radius 2 is 2.23 bits per heavy atom. The van der Waals surface area contributed by atoms with Crippen molar-refractivity contribution in [3.63, 3.8) is 0 Å². The van der Waals surface area contributed by atoms with Gasteiger partial charge >= 0.3 is 6.18 Å². The largest absolute Gasteiger partial charge is 0.434 e. The molecule has 0 aliphatic carbocycles. The van der Waals surface area contributed by atoms with E-state index < -0.39 is 11.9 Å². The molecule has 0 saturated carbocycles. The van der Waals surface area contributed by atoms with Crippen LogP contribution in [0, 0.1) is 0 Å². The van der Waals surface area contributed by atoms with Crippen molar-refractivity contribution < 1.29 is 13.2 Å². The van der Waals surface area contributed by atoms with Crippen LogP contribution in [-0.2, 0) is 12.6 Å². The second-order valence-corrected chi connectivity index (χ2v) is 7.87. The maximum atomic E-state index is 12.6. The molecule has 1 fully saturated rings. The number of aliphatic imine (C=N–C) groups is 1. The maximum Gasteiger partial charge on any atom is 0.434 e. The predicted octanol–water partition coefficient (Wildman–Crippen LogP) is 4.20. The second kappa shape index (κ2) is 11.3. The molecule has 6 nitrogen and oxygen atoms in total. The van der Waals surface area contributed by atoms with Crippen LogP contribution in [0.3, 0.4) is 0 Å². The molecule has 1 aliphatic rings. The van der Waals surface area contributed by atoms with E-state index in [2.05, 4.69) is 30.5 Å². The maximum absolute atomic E-state index is 12.6. The van der Waals surface area contributed by atoms with Crippen LogP contribution in [0.5, 0.6) is 0 Å². The van der Waals surface area contributed by atoms with Gasteiger partial charge in [0.05, 0.1) is 10.0 Å². The van der Waals surface area contributed by atoms with Crippen molar-refractivity contribution in [1.29, 1.82) is 0 Å². The van der Waals surface area contributed by atoms with Gasteiger partial charge in [-0.3, -0.25) is 4.99 Å². The van der Waals surface area contributed by atoms with Crippen LogP contribution in [0.2, 0.25) is 5.02 Å². The third kappa shape index (κ3) is 6.84. The summed E-state index contributed by atoms with van der Waals surface area (Å²) in [4.78, 5) is 14.6. The van der Waals surface area contributed by atoms with Gasteiger partial charge in [-0.25, -0.2) is 9.97 Å². The molecule has 0 radical (unpaired) electrons. The van der Waals surface area contributed by atoms with Crippen LogP contribution in [0.4, 0.5) is 19.0 Å². The van der Waals surface area contributed by atoms with Crippen LogP contribution in [-0.4, -0.2) is 48.1 Å². The van der Waals surface area contributed by atoms with Gasteiger partial charge in [-0.1, -0.05) is 11.6 Å². The molecule has 166 valence electrons. The summed E-state index contributed by atoms with van der Waals surface area (Å²) >= 11 is 7.23. The number of thiazole rings is 1. The number of rotatable bonds is 6. The zero-order valence-corrected chi connectivity index (χ0v) is 20.1. The molecule has 2 aromatic rings. The van der Waals surface area contributed by atoms with Gasteiger partial charge in [-0.2, -0.15) is 13.2 Å². The summed E-state index contributed by atoms with van der Waals surface area (Å²) in [5, 5.41) is 8.64. The smallest absolute Gasteiger partial charge is 0.357 e. The van der Waals surface area contributed by atoms with Crippen molar-refractivity contribution in [2.45, 2.75) is 32.0 Å². The quantitative estimate of drug-likeness (QED) is 0.308. The Hall–Kier alpha value is -1.34. The summed E-state index contributed by atoms with van der Waals surface area (Å²) in [5.41, 5.74) is -0.842. The summed E-state index contributed by atoms with van der Waals surface area (Å²) < 4.78 is 37.9. The fraction of sp³-hybridized carbons (Fsp3) is 0.500. The van der Waals surface area contributed by atoms with Gasteiger partial charge in [0.15, 0.2) is 11.7 Å². The average molecular weight is 575 g/mol. The Kier molecular flexibility index (Phi) is 9.41. The number of halogens is 5. The highest BCUT2D eigenvalue weighted by atomic mass is 127. The Bertz CT molecular complexity index is 847. The first kappa shape index (κ1) is 24.9. The van der Waals surface area contributed by atoms with E-state index in [0.29, 0.717) is 35.5 Å². The lowest BCUT2D eigenvalue weighted by molar-refractivity contribution is -0.140. The monoisotopic (exact) mass is 574 g/mol. The van der Waals surface area contributed by atoms with Gasteiger partial charge in [0.1, 0.15) is 5.82 Å². The number of pyridine rings is 1. The number of aromatic nitrogens is 2. The number of nitrogens with one attached hydrogen (secondary N) is 2. The first-order chi connectivity index (χ1) is 13.9. The third-order valence-electron chi connectivity index (χ3n) is 4.35. The zero-order valence-electron chi connectivity index (χ0n) is 16.2. The lowest BCUT2D eigenvalue weighted by Gasteiger charge is -2.20. The minimum atomic E-state index is -4.40. The van der Waals surface area contributed by atoms with Crippen molar-refractivity contribution >= 4 is 58.7 Å². The van der Waals surface area contributed by atoms with E-state index in [1.165, 1.54) is 0 Å². The zero-order chi connectivity index (χ0) is 20.9. The van der Waals surface area contributed by atoms with Crippen molar-refractivity contribution in [3.8, 4) is 0 Å². The lowest BCUT2D eigenvalue weighted by Crippen LogP contribution is -2.44. The number of hydrogen-bond acceptors (Lipinski definition) is 5. The van der Waals surface area contributed by atoms with Crippen molar-refractivity contribution in [2.75, 3.05) is 31.1 Å². The van der Waals surface area contributed by atoms with Crippen LogP contribution in [0.15, 0.2) is 28.7 Å². The molecule has 3 heterocycles. The van der Waals surface area contributed by atoms with Crippen molar-refractivity contribution in [1.82, 2.24) is 20.6 Å². The van der Waals surface area contributed by atoms with Gasteiger partial charge in [0.2, 0.25) is 0 Å². The average Bonchev–Trinajstić information content (AvgIpc) is 3.32. The van der Waals surface area contributed by atoms with Crippen molar-refractivity contribution in [3.05, 3.63) is 39.4 Å². The molecule has 2 aromatic heterocycles. The molecule has 3 rings (SSSR count). The highest BCUT2D eigenvalue weighted by molar-refractivity contribution is 14.0. The highest BCUT2D eigenvalue weighted by Gasteiger charge is 2.33. The van der Waals surface area contributed by atoms with Gasteiger partial charge < -0.3 is 15.5 Å². The van der Waals surface area contributed by atoms with E-state index in [4.69, 9.17) is 11.6 Å². The molecular weight excluding hydrogens is 552 g/mol. The first-order valence-corrected chi connectivity index (χ1v) is 10.5. The summed E-state index contributed by atoms with van der Waals surface area (Å²) in [7, 11) is 0. The molecule has 12 heteroatoms. The molecule has 1 saturated heterocycles.